The van der Waals surface area contributed by atoms with Crippen LogP contribution in [-0.4, -0.2) is 6.54 Å². The summed E-state index contributed by atoms with van der Waals surface area (Å²) in [7, 11) is 0. The highest BCUT2D eigenvalue weighted by Gasteiger charge is 2.32. The maximum atomic E-state index is 6.64. The highest BCUT2D eigenvalue weighted by Crippen LogP contribution is 2.42. The second kappa shape index (κ2) is 8.19. The lowest BCUT2D eigenvalue weighted by atomic mass is 9.72. The van der Waals surface area contributed by atoms with E-state index in [-0.39, 0.29) is 0 Å². The predicted molar refractivity (Wildman–Crippen MR) is 93.0 cm³/mol. The lowest BCUT2D eigenvalue weighted by molar-refractivity contribution is 0.175. The Morgan fingerprint density at radius 3 is 2.71 bits per heavy atom. The quantitative estimate of drug-likeness (QED) is 0.689. The molecule has 1 aromatic rings. The summed E-state index contributed by atoms with van der Waals surface area (Å²) in [5, 5.41) is 4.77. The number of halogens is 1. The van der Waals surface area contributed by atoms with Gasteiger partial charge in [0.1, 0.15) is 0 Å². The van der Waals surface area contributed by atoms with Crippen LogP contribution in [0.1, 0.15) is 69.5 Å². The molecule has 1 fully saturated rings. The number of hydrogen-bond acceptors (Lipinski definition) is 1. The van der Waals surface area contributed by atoms with Gasteiger partial charge in [-0.25, -0.2) is 0 Å². The molecule has 1 saturated carbocycles. The van der Waals surface area contributed by atoms with E-state index >= 15 is 0 Å². The van der Waals surface area contributed by atoms with E-state index in [1.54, 1.807) is 0 Å². The number of aryl methyl sites for hydroxylation is 1. The van der Waals surface area contributed by atoms with E-state index in [1.165, 1.54) is 49.7 Å². The number of benzene rings is 1. The van der Waals surface area contributed by atoms with Crippen molar-refractivity contribution in [1.82, 2.24) is 5.32 Å². The van der Waals surface area contributed by atoms with Gasteiger partial charge in [0, 0.05) is 11.1 Å². The topological polar surface area (TPSA) is 12.0 Å². The monoisotopic (exact) mass is 307 g/mol. The van der Waals surface area contributed by atoms with Gasteiger partial charge >= 0.3 is 0 Å². The summed E-state index contributed by atoms with van der Waals surface area (Å²) in [6.45, 7) is 7.76. The smallest absolute Gasteiger partial charge is 0.0483 e. The molecule has 0 aromatic heterocycles. The summed E-state index contributed by atoms with van der Waals surface area (Å²) in [6, 6.07) is 6.91. The molecule has 1 aliphatic rings. The molecule has 1 aliphatic carbocycles. The van der Waals surface area contributed by atoms with Gasteiger partial charge in [-0.3, -0.25) is 0 Å². The molecule has 0 radical (unpaired) electrons. The summed E-state index contributed by atoms with van der Waals surface area (Å²) in [5.41, 5.74) is 2.51. The molecule has 118 valence electrons. The molecule has 1 N–H and O–H groups in total. The Kier molecular flexibility index (Phi) is 6.57. The van der Waals surface area contributed by atoms with Gasteiger partial charge in [0.2, 0.25) is 0 Å². The zero-order chi connectivity index (χ0) is 15.2. The van der Waals surface area contributed by atoms with E-state index < -0.39 is 0 Å². The van der Waals surface area contributed by atoms with E-state index in [0.29, 0.717) is 6.04 Å². The summed E-state index contributed by atoms with van der Waals surface area (Å²) in [6.07, 6.45) is 7.95. The van der Waals surface area contributed by atoms with Crippen LogP contribution >= 0.6 is 11.6 Å². The van der Waals surface area contributed by atoms with Gasteiger partial charge in [-0.2, -0.15) is 0 Å². The van der Waals surface area contributed by atoms with E-state index in [9.17, 15) is 0 Å². The SMILES string of the molecule is CCCNC(c1cccc(C)c1Cl)C1CCCCC1CC. The van der Waals surface area contributed by atoms with Gasteiger partial charge in [0.05, 0.1) is 0 Å². The molecule has 2 heteroatoms. The first-order valence-corrected chi connectivity index (χ1v) is 9.05. The summed E-state index contributed by atoms with van der Waals surface area (Å²) in [4.78, 5) is 0. The molecule has 3 atom stereocenters. The summed E-state index contributed by atoms with van der Waals surface area (Å²) in [5.74, 6) is 1.57. The molecule has 0 amide bonds. The Bertz CT molecular complexity index is 443. The molecule has 3 unspecified atom stereocenters. The van der Waals surface area contributed by atoms with Crippen molar-refractivity contribution in [2.45, 2.75) is 65.3 Å². The van der Waals surface area contributed by atoms with E-state index in [1.807, 2.05) is 0 Å². The van der Waals surface area contributed by atoms with Crippen LogP contribution in [-0.2, 0) is 0 Å². The first-order valence-electron chi connectivity index (χ1n) is 8.67. The Hall–Kier alpha value is -0.530. The third kappa shape index (κ3) is 4.02. The molecule has 0 heterocycles. The average molecular weight is 308 g/mol. The summed E-state index contributed by atoms with van der Waals surface area (Å²) < 4.78 is 0. The summed E-state index contributed by atoms with van der Waals surface area (Å²) >= 11 is 6.64. The Balaban J connectivity index is 2.30. The normalized spacial score (nSPS) is 24.0. The number of hydrogen-bond donors (Lipinski definition) is 1. The van der Waals surface area contributed by atoms with Crippen molar-refractivity contribution in [3.63, 3.8) is 0 Å². The van der Waals surface area contributed by atoms with Crippen LogP contribution in [0.4, 0.5) is 0 Å². The van der Waals surface area contributed by atoms with Crippen LogP contribution in [0.5, 0.6) is 0 Å². The Morgan fingerprint density at radius 1 is 1.24 bits per heavy atom. The molecule has 0 spiro atoms. The van der Waals surface area contributed by atoms with Crippen molar-refractivity contribution in [3.8, 4) is 0 Å². The van der Waals surface area contributed by atoms with Crippen molar-refractivity contribution in [1.29, 1.82) is 0 Å². The second-order valence-corrected chi connectivity index (χ2v) is 6.90. The molecule has 0 saturated heterocycles. The fourth-order valence-corrected chi connectivity index (χ4v) is 4.13. The van der Waals surface area contributed by atoms with Crippen LogP contribution in [0.2, 0.25) is 5.02 Å². The molecular formula is C19H30ClN. The fourth-order valence-electron chi connectivity index (χ4n) is 3.88. The average Bonchev–Trinajstić information content (AvgIpc) is 2.52. The van der Waals surface area contributed by atoms with Gasteiger partial charge in [0.15, 0.2) is 0 Å². The number of rotatable bonds is 6. The fraction of sp³-hybridized carbons (Fsp3) is 0.684. The van der Waals surface area contributed by atoms with Gasteiger partial charge in [-0.15, -0.1) is 0 Å². The molecular weight excluding hydrogens is 278 g/mol. The molecule has 1 aromatic carbocycles. The minimum absolute atomic E-state index is 0.419. The first kappa shape index (κ1) is 16.8. The first-order chi connectivity index (χ1) is 10.2. The lowest BCUT2D eigenvalue weighted by Gasteiger charge is -2.38. The largest absolute Gasteiger partial charge is 0.310 e. The molecule has 0 aliphatic heterocycles. The number of nitrogens with one attached hydrogen (secondary N) is 1. The second-order valence-electron chi connectivity index (χ2n) is 6.53. The van der Waals surface area contributed by atoms with Crippen LogP contribution < -0.4 is 5.32 Å². The minimum atomic E-state index is 0.419. The van der Waals surface area contributed by atoms with E-state index in [2.05, 4.69) is 44.3 Å². The van der Waals surface area contributed by atoms with E-state index in [0.717, 1.165) is 23.4 Å². The molecule has 0 bridgehead atoms. The third-order valence-electron chi connectivity index (χ3n) is 5.09. The maximum Gasteiger partial charge on any atom is 0.0483 e. The van der Waals surface area contributed by atoms with Gasteiger partial charge in [-0.1, -0.05) is 69.3 Å². The van der Waals surface area contributed by atoms with Crippen molar-refractivity contribution in [3.05, 3.63) is 34.3 Å². The lowest BCUT2D eigenvalue weighted by Crippen LogP contribution is -2.35. The van der Waals surface area contributed by atoms with Crippen LogP contribution in [0.15, 0.2) is 18.2 Å². The predicted octanol–water partition coefficient (Wildman–Crippen LogP) is 5.91. The van der Waals surface area contributed by atoms with Crippen molar-refractivity contribution in [2.75, 3.05) is 6.54 Å². The van der Waals surface area contributed by atoms with Gasteiger partial charge in [0.25, 0.3) is 0 Å². The van der Waals surface area contributed by atoms with Crippen molar-refractivity contribution < 1.29 is 0 Å². The van der Waals surface area contributed by atoms with Crippen LogP contribution in [0, 0.1) is 18.8 Å². The third-order valence-corrected chi connectivity index (χ3v) is 5.61. The Morgan fingerprint density at radius 2 is 2.00 bits per heavy atom. The zero-order valence-corrected chi connectivity index (χ0v) is 14.5. The highest BCUT2D eigenvalue weighted by molar-refractivity contribution is 6.32. The van der Waals surface area contributed by atoms with Gasteiger partial charge in [-0.05, 0) is 49.3 Å². The van der Waals surface area contributed by atoms with Crippen molar-refractivity contribution >= 4 is 11.6 Å². The zero-order valence-electron chi connectivity index (χ0n) is 13.8. The van der Waals surface area contributed by atoms with Crippen LogP contribution in [0.25, 0.3) is 0 Å². The standard InChI is InChI=1S/C19H30ClN/c1-4-13-21-19(16-11-7-6-10-15(16)5-2)17-12-8-9-14(3)18(17)20/h8-9,12,15-16,19,21H,4-7,10-11,13H2,1-3H3. The Labute approximate surface area is 135 Å². The van der Waals surface area contributed by atoms with Gasteiger partial charge < -0.3 is 5.32 Å². The molecule has 21 heavy (non-hydrogen) atoms. The minimum Gasteiger partial charge on any atom is -0.310 e. The van der Waals surface area contributed by atoms with Crippen molar-refractivity contribution in [2.24, 2.45) is 11.8 Å². The molecule has 2 rings (SSSR count). The van der Waals surface area contributed by atoms with Crippen LogP contribution in [0.3, 0.4) is 0 Å². The highest BCUT2D eigenvalue weighted by atomic mass is 35.5. The molecule has 1 nitrogen and oxygen atoms in total. The maximum absolute atomic E-state index is 6.64. The van der Waals surface area contributed by atoms with E-state index in [4.69, 9.17) is 11.6 Å².